The molecular weight excluding hydrogens is 242 g/mol. The van der Waals surface area contributed by atoms with E-state index in [0.29, 0.717) is 5.92 Å². The molecule has 0 radical (unpaired) electrons. The maximum Gasteiger partial charge on any atom is 0.0454 e. The number of nitrogens with one attached hydrogen (secondary N) is 1. The number of allylic oxidation sites excluding steroid dienone is 1. The van der Waals surface area contributed by atoms with E-state index in [-0.39, 0.29) is 0 Å². The molecule has 0 aliphatic heterocycles. The summed E-state index contributed by atoms with van der Waals surface area (Å²) in [6.07, 6.45) is 4.18. The zero-order valence-corrected chi connectivity index (χ0v) is 11.4. The van der Waals surface area contributed by atoms with Crippen LogP contribution >= 0.6 is 0 Å². The first-order chi connectivity index (χ1) is 9.81. The summed E-state index contributed by atoms with van der Waals surface area (Å²) in [5.41, 5.74) is 6.69. The van der Waals surface area contributed by atoms with Crippen molar-refractivity contribution in [2.45, 2.75) is 18.8 Å². The fraction of sp³-hybridized carbons (Fsp3) is 0.158. The van der Waals surface area contributed by atoms with Gasteiger partial charge in [0.1, 0.15) is 0 Å². The van der Waals surface area contributed by atoms with Gasteiger partial charge in [-0.15, -0.1) is 0 Å². The van der Waals surface area contributed by atoms with Crippen LogP contribution < -0.4 is 0 Å². The van der Waals surface area contributed by atoms with E-state index in [4.69, 9.17) is 0 Å². The molecule has 1 heteroatoms. The fourth-order valence-electron chi connectivity index (χ4n) is 3.35. The smallest absolute Gasteiger partial charge is 0.0454 e. The Morgan fingerprint density at radius 3 is 2.85 bits per heavy atom. The quantitative estimate of drug-likeness (QED) is 0.639. The highest BCUT2D eigenvalue weighted by Crippen LogP contribution is 2.38. The topological polar surface area (TPSA) is 15.8 Å². The lowest BCUT2D eigenvalue weighted by atomic mass is 9.78. The summed E-state index contributed by atoms with van der Waals surface area (Å²) in [5, 5.41) is 1.30. The molecule has 20 heavy (non-hydrogen) atoms. The van der Waals surface area contributed by atoms with Gasteiger partial charge < -0.3 is 4.98 Å². The molecule has 0 saturated heterocycles. The lowest BCUT2D eigenvalue weighted by Gasteiger charge is -2.26. The first-order valence-electron chi connectivity index (χ1n) is 7.14. The van der Waals surface area contributed by atoms with Gasteiger partial charge in [-0.25, -0.2) is 0 Å². The summed E-state index contributed by atoms with van der Waals surface area (Å²) < 4.78 is 0. The van der Waals surface area contributed by atoms with Crippen LogP contribution in [0.2, 0.25) is 0 Å². The number of fused-ring (bicyclic) bond motifs is 2. The van der Waals surface area contributed by atoms with Crippen LogP contribution in [0, 0.1) is 0 Å². The van der Waals surface area contributed by atoms with Crippen LogP contribution in [0.4, 0.5) is 0 Å². The zero-order chi connectivity index (χ0) is 13.5. The van der Waals surface area contributed by atoms with Gasteiger partial charge in [-0.2, -0.15) is 0 Å². The predicted molar refractivity (Wildman–Crippen MR) is 84.8 cm³/mol. The van der Waals surface area contributed by atoms with Crippen molar-refractivity contribution < 1.29 is 0 Å². The van der Waals surface area contributed by atoms with E-state index < -0.39 is 0 Å². The van der Waals surface area contributed by atoms with Gasteiger partial charge in [0.25, 0.3) is 0 Å². The number of rotatable bonds is 1. The van der Waals surface area contributed by atoms with Crippen molar-refractivity contribution in [3.8, 4) is 0 Å². The molecule has 1 unspecified atom stereocenters. The number of hydrogen-bond acceptors (Lipinski definition) is 0. The summed E-state index contributed by atoms with van der Waals surface area (Å²) in [4.78, 5) is 3.26. The van der Waals surface area contributed by atoms with Gasteiger partial charge in [0.05, 0.1) is 0 Å². The van der Waals surface area contributed by atoms with Crippen molar-refractivity contribution in [3.05, 3.63) is 78.0 Å². The summed E-state index contributed by atoms with van der Waals surface area (Å²) in [6, 6.07) is 17.6. The van der Waals surface area contributed by atoms with Gasteiger partial charge in [-0.05, 0) is 64.6 Å². The second-order valence-electron chi connectivity index (χ2n) is 5.69. The molecule has 1 aromatic heterocycles. The minimum Gasteiger partial charge on any atom is -0.361 e. The number of aromatic amines is 1. The Morgan fingerprint density at radius 2 is 1.90 bits per heavy atom. The van der Waals surface area contributed by atoms with Crippen LogP contribution in [-0.4, -0.2) is 4.98 Å². The van der Waals surface area contributed by atoms with Gasteiger partial charge in [0.2, 0.25) is 0 Å². The molecule has 1 heterocycles. The van der Waals surface area contributed by atoms with Crippen LogP contribution in [0.1, 0.15) is 29.0 Å². The number of aromatic nitrogens is 1. The van der Waals surface area contributed by atoms with Crippen LogP contribution in [-0.2, 0) is 6.42 Å². The van der Waals surface area contributed by atoms with E-state index in [9.17, 15) is 0 Å². The Morgan fingerprint density at radius 1 is 1.00 bits per heavy atom. The summed E-state index contributed by atoms with van der Waals surface area (Å²) in [6.45, 7) is 4.28. The first kappa shape index (κ1) is 11.5. The van der Waals surface area contributed by atoms with Crippen LogP contribution in [0.5, 0.6) is 0 Å². The Labute approximate surface area is 119 Å². The van der Waals surface area contributed by atoms with Crippen molar-refractivity contribution in [1.82, 2.24) is 4.98 Å². The summed E-state index contributed by atoms with van der Waals surface area (Å²) >= 11 is 0. The molecule has 0 bridgehead atoms. The first-order valence-corrected chi connectivity index (χ1v) is 7.14. The predicted octanol–water partition coefficient (Wildman–Crippen LogP) is 4.91. The second-order valence-corrected chi connectivity index (χ2v) is 5.69. The van der Waals surface area contributed by atoms with Gasteiger partial charge in [-0.1, -0.05) is 36.9 Å². The van der Waals surface area contributed by atoms with E-state index in [1.165, 1.54) is 33.2 Å². The van der Waals surface area contributed by atoms with Crippen molar-refractivity contribution in [3.63, 3.8) is 0 Å². The Balaban J connectivity index is 1.75. The van der Waals surface area contributed by atoms with Crippen LogP contribution in [0.3, 0.4) is 0 Å². The van der Waals surface area contributed by atoms with E-state index in [1.807, 2.05) is 6.20 Å². The molecule has 2 aromatic carbocycles. The molecule has 1 nitrogen and oxygen atoms in total. The normalized spacial score (nSPS) is 18.2. The minimum atomic E-state index is 0.552. The molecule has 0 saturated carbocycles. The molecule has 1 N–H and O–H groups in total. The Kier molecular flexibility index (Phi) is 2.53. The van der Waals surface area contributed by atoms with E-state index >= 15 is 0 Å². The maximum absolute atomic E-state index is 4.28. The van der Waals surface area contributed by atoms with Gasteiger partial charge >= 0.3 is 0 Å². The molecule has 0 spiro atoms. The summed E-state index contributed by atoms with van der Waals surface area (Å²) in [7, 11) is 0. The highest BCUT2D eigenvalue weighted by atomic mass is 14.7. The van der Waals surface area contributed by atoms with Crippen molar-refractivity contribution in [1.29, 1.82) is 0 Å². The third kappa shape index (κ3) is 1.78. The monoisotopic (exact) mass is 259 g/mol. The highest BCUT2D eigenvalue weighted by molar-refractivity contribution is 5.80. The molecular formula is C19H17N. The average molecular weight is 259 g/mol. The standard InChI is InChI=1S/C19H17N/c1-13-10-17(12-15-4-2-3-5-18(13)15)14-6-7-19-16(11-14)8-9-20-19/h2-9,11,17,20H,1,10,12H2. The lowest BCUT2D eigenvalue weighted by Crippen LogP contribution is -2.11. The minimum absolute atomic E-state index is 0.552. The fourth-order valence-corrected chi connectivity index (χ4v) is 3.35. The Bertz CT molecular complexity index is 794. The van der Waals surface area contributed by atoms with Gasteiger partial charge in [-0.3, -0.25) is 0 Å². The maximum atomic E-state index is 4.28. The van der Waals surface area contributed by atoms with E-state index in [0.717, 1.165) is 12.8 Å². The molecule has 4 rings (SSSR count). The van der Waals surface area contributed by atoms with Crippen molar-refractivity contribution >= 4 is 16.5 Å². The molecule has 1 aliphatic rings. The molecule has 3 aromatic rings. The molecule has 1 atom stereocenters. The van der Waals surface area contributed by atoms with E-state index in [2.05, 4.69) is 60.1 Å². The van der Waals surface area contributed by atoms with Crippen LogP contribution in [0.15, 0.2) is 61.3 Å². The largest absolute Gasteiger partial charge is 0.361 e. The third-order valence-corrected chi connectivity index (χ3v) is 4.41. The Hall–Kier alpha value is -2.28. The lowest BCUT2D eigenvalue weighted by molar-refractivity contribution is 0.685. The number of benzene rings is 2. The van der Waals surface area contributed by atoms with Crippen molar-refractivity contribution in [2.24, 2.45) is 0 Å². The SMILES string of the molecule is C=C1CC(c2ccc3[nH]ccc3c2)Cc2ccccc21. The molecule has 0 amide bonds. The molecule has 0 fully saturated rings. The number of hydrogen-bond donors (Lipinski definition) is 1. The molecule has 98 valence electrons. The van der Waals surface area contributed by atoms with E-state index in [1.54, 1.807) is 0 Å². The second kappa shape index (κ2) is 4.38. The summed E-state index contributed by atoms with van der Waals surface area (Å²) in [5.74, 6) is 0.552. The highest BCUT2D eigenvalue weighted by Gasteiger charge is 2.22. The third-order valence-electron chi connectivity index (χ3n) is 4.41. The zero-order valence-electron chi connectivity index (χ0n) is 11.4. The number of H-pyrrole nitrogens is 1. The van der Waals surface area contributed by atoms with Gasteiger partial charge in [0, 0.05) is 11.7 Å². The van der Waals surface area contributed by atoms with Crippen LogP contribution in [0.25, 0.3) is 16.5 Å². The van der Waals surface area contributed by atoms with Gasteiger partial charge in [0.15, 0.2) is 0 Å². The molecule has 1 aliphatic carbocycles. The average Bonchev–Trinajstić information content (AvgIpc) is 2.94. The van der Waals surface area contributed by atoms with Crippen molar-refractivity contribution in [2.75, 3.05) is 0 Å².